The number of carbonyl (C=O) groups is 3. The molecule has 2 N–H and O–H groups in total. The average molecular weight is 317 g/mol. The Morgan fingerprint density at radius 3 is 2.48 bits per heavy atom. The molecule has 0 aliphatic carbocycles. The van der Waals surface area contributed by atoms with Gasteiger partial charge in [0.1, 0.15) is 12.1 Å². The summed E-state index contributed by atoms with van der Waals surface area (Å²) in [5, 5.41) is 4.97. The molecule has 3 amide bonds. The van der Waals surface area contributed by atoms with Gasteiger partial charge in [-0.3, -0.25) is 19.8 Å². The molecule has 0 aromatic heterocycles. The highest BCUT2D eigenvalue weighted by Crippen LogP contribution is 2.25. The maximum atomic E-state index is 11.9. The van der Waals surface area contributed by atoms with E-state index in [4.69, 9.17) is 4.74 Å². The topological polar surface area (TPSA) is 87.7 Å². The highest BCUT2D eigenvalue weighted by molar-refractivity contribution is 6.07. The molecule has 1 aromatic rings. The molecule has 0 unspecified atom stereocenters. The Morgan fingerprint density at radius 2 is 1.87 bits per heavy atom. The fourth-order valence-corrected chi connectivity index (χ4v) is 2.94. The maximum Gasteiger partial charge on any atom is 0.322 e. The van der Waals surface area contributed by atoms with Crippen LogP contribution in [0.3, 0.4) is 0 Å². The molecule has 2 aliphatic heterocycles. The molecule has 0 saturated carbocycles. The minimum absolute atomic E-state index is 0.193. The maximum absolute atomic E-state index is 11.9. The quantitative estimate of drug-likeness (QED) is 0.620. The van der Waals surface area contributed by atoms with E-state index in [1.54, 1.807) is 0 Å². The van der Waals surface area contributed by atoms with Gasteiger partial charge >= 0.3 is 12.0 Å². The molecule has 1 spiro atoms. The van der Waals surface area contributed by atoms with Crippen molar-refractivity contribution in [2.75, 3.05) is 19.6 Å². The molecule has 0 atom stereocenters. The number of piperidine rings is 1. The largest absolute Gasteiger partial charge is 0.460 e. The monoisotopic (exact) mass is 317 g/mol. The van der Waals surface area contributed by atoms with Crippen molar-refractivity contribution in [1.29, 1.82) is 0 Å². The van der Waals surface area contributed by atoms with Gasteiger partial charge in [0, 0.05) is 13.1 Å². The van der Waals surface area contributed by atoms with Gasteiger partial charge in [0.05, 0.1) is 6.54 Å². The molecule has 0 bridgehead atoms. The predicted octanol–water partition coefficient (Wildman–Crippen LogP) is 0.404. The number of carbonyl (C=O) groups excluding carboxylic acids is 3. The van der Waals surface area contributed by atoms with Crippen LogP contribution in [0.4, 0.5) is 4.79 Å². The summed E-state index contributed by atoms with van der Waals surface area (Å²) in [5.41, 5.74) is 0.144. The number of amides is 3. The van der Waals surface area contributed by atoms with E-state index in [-0.39, 0.29) is 25.0 Å². The lowest BCUT2D eigenvalue weighted by atomic mass is 9.88. The van der Waals surface area contributed by atoms with Crippen molar-refractivity contribution in [3.8, 4) is 0 Å². The van der Waals surface area contributed by atoms with E-state index in [0.29, 0.717) is 25.9 Å². The summed E-state index contributed by atoms with van der Waals surface area (Å²) in [4.78, 5) is 37.0. The molecule has 3 rings (SSSR count). The molecule has 1 aromatic carbocycles. The number of benzene rings is 1. The second kappa shape index (κ2) is 6.37. The van der Waals surface area contributed by atoms with E-state index < -0.39 is 11.6 Å². The SMILES string of the molecule is O=C1NC(=O)C2(CCN(CC(=O)OCc3ccccc3)CC2)N1. The Morgan fingerprint density at radius 1 is 1.17 bits per heavy atom. The predicted molar refractivity (Wildman–Crippen MR) is 81.3 cm³/mol. The number of nitrogens with zero attached hydrogens (tertiary/aromatic N) is 1. The van der Waals surface area contributed by atoms with Crippen molar-refractivity contribution in [3.63, 3.8) is 0 Å². The zero-order chi connectivity index (χ0) is 16.3. The minimum atomic E-state index is -0.804. The van der Waals surface area contributed by atoms with Crippen molar-refractivity contribution in [1.82, 2.24) is 15.5 Å². The summed E-state index contributed by atoms with van der Waals surface area (Å²) in [6, 6.07) is 9.07. The van der Waals surface area contributed by atoms with Crippen molar-refractivity contribution in [3.05, 3.63) is 35.9 Å². The molecule has 7 heteroatoms. The fraction of sp³-hybridized carbons (Fsp3) is 0.438. The molecule has 2 heterocycles. The van der Waals surface area contributed by atoms with E-state index >= 15 is 0 Å². The highest BCUT2D eigenvalue weighted by Gasteiger charge is 2.47. The summed E-state index contributed by atoms with van der Waals surface area (Å²) in [6.07, 6.45) is 0.993. The van der Waals surface area contributed by atoms with E-state index in [0.717, 1.165) is 5.56 Å². The zero-order valence-electron chi connectivity index (χ0n) is 12.7. The first-order valence-electron chi connectivity index (χ1n) is 7.63. The molecule has 23 heavy (non-hydrogen) atoms. The lowest BCUT2D eigenvalue weighted by Gasteiger charge is -2.36. The molecular weight excluding hydrogens is 298 g/mol. The van der Waals surface area contributed by atoms with Gasteiger partial charge in [-0.15, -0.1) is 0 Å². The Hall–Kier alpha value is -2.41. The van der Waals surface area contributed by atoms with Crippen molar-refractivity contribution in [2.45, 2.75) is 25.0 Å². The van der Waals surface area contributed by atoms with Crippen LogP contribution in [0.5, 0.6) is 0 Å². The standard InChI is InChI=1S/C16H19N3O4/c20-13(23-11-12-4-2-1-3-5-12)10-19-8-6-16(7-9-19)14(21)17-15(22)18-16/h1-5H,6-11H2,(H2,17,18,21,22). The fourth-order valence-electron chi connectivity index (χ4n) is 2.94. The molecular formula is C16H19N3O4. The average Bonchev–Trinajstić information content (AvgIpc) is 2.82. The smallest absolute Gasteiger partial charge is 0.322 e. The van der Waals surface area contributed by atoms with Crippen LogP contribution in [0.1, 0.15) is 18.4 Å². The summed E-state index contributed by atoms with van der Waals surface area (Å²) in [5.74, 6) is -0.557. The number of nitrogens with one attached hydrogen (secondary N) is 2. The van der Waals surface area contributed by atoms with Crippen molar-refractivity contribution in [2.24, 2.45) is 0 Å². The zero-order valence-corrected chi connectivity index (χ0v) is 12.7. The van der Waals surface area contributed by atoms with E-state index in [2.05, 4.69) is 10.6 Å². The Balaban J connectivity index is 1.44. The van der Waals surface area contributed by atoms with Crippen LogP contribution < -0.4 is 10.6 Å². The van der Waals surface area contributed by atoms with Gasteiger partial charge in [-0.05, 0) is 18.4 Å². The van der Waals surface area contributed by atoms with Crippen LogP contribution in [0, 0.1) is 0 Å². The number of rotatable bonds is 4. The molecule has 2 aliphatic rings. The number of imide groups is 1. The van der Waals surface area contributed by atoms with Gasteiger partial charge < -0.3 is 10.1 Å². The van der Waals surface area contributed by atoms with Crippen LogP contribution in [0.25, 0.3) is 0 Å². The number of hydrogen-bond donors (Lipinski definition) is 2. The second-order valence-corrected chi connectivity index (χ2v) is 5.91. The van der Waals surface area contributed by atoms with Gasteiger partial charge in [-0.1, -0.05) is 30.3 Å². The summed E-state index contributed by atoms with van der Waals surface area (Å²) in [6.45, 7) is 1.58. The van der Waals surface area contributed by atoms with Crippen LogP contribution in [0.15, 0.2) is 30.3 Å². The third kappa shape index (κ3) is 3.50. The van der Waals surface area contributed by atoms with E-state index in [1.165, 1.54) is 0 Å². The lowest BCUT2D eigenvalue weighted by molar-refractivity contribution is -0.146. The molecule has 0 radical (unpaired) electrons. The summed E-state index contributed by atoms with van der Waals surface area (Å²) < 4.78 is 5.26. The number of ether oxygens (including phenoxy) is 1. The van der Waals surface area contributed by atoms with Gasteiger partial charge in [-0.2, -0.15) is 0 Å². The number of esters is 1. The Kier molecular flexibility index (Phi) is 4.29. The molecule has 122 valence electrons. The molecule has 2 saturated heterocycles. The van der Waals surface area contributed by atoms with Crippen LogP contribution in [-0.4, -0.2) is 48.0 Å². The number of hydrogen-bond acceptors (Lipinski definition) is 5. The van der Waals surface area contributed by atoms with Crippen LogP contribution in [-0.2, 0) is 20.9 Å². The van der Waals surface area contributed by atoms with Gasteiger partial charge in [-0.25, -0.2) is 4.79 Å². The van der Waals surface area contributed by atoms with Gasteiger partial charge in [0.25, 0.3) is 5.91 Å². The van der Waals surface area contributed by atoms with Crippen LogP contribution >= 0.6 is 0 Å². The first kappa shape index (κ1) is 15.5. The van der Waals surface area contributed by atoms with Crippen molar-refractivity contribution >= 4 is 17.9 Å². The first-order valence-corrected chi connectivity index (χ1v) is 7.63. The van der Waals surface area contributed by atoms with E-state index in [9.17, 15) is 14.4 Å². The van der Waals surface area contributed by atoms with Gasteiger partial charge in [0.2, 0.25) is 0 Å². The minimum Gasteiger partial charge on any atom is -0.460 e. The first-order chi connectivity index (χ1) is 11.1. The third-order valence-corrected chi connectivity index (χ3v) is 4.32. The summed E-state index contributed by atoms with van der Waals surface area (Å²) in [7, 11) is 0. The number of urea groups is 1. The van der Waals surface area contributed by atoms with Crippen LogP contribution in [0.2, 0.25) is 0 Å². The second-order valence-electron chi connectivity index (χ2n) is 5.91. The third-order valence-electron chi connectivity index (χ3n) is 4.32. The van der Waals surface area contributed by atoms with E-state index in [1.807, 2.05) is 35.2 Å². The Bertz CT molecular complexity index is 609. The highest BCUT2D eigenvalue weighted by atomic mass is 16.5. The lowest BCUT2D eigenvalue weighted by Crippen LogP contribution is -2.55. The number of likely N-dealkylation sites (tertiary alicyclic amines) is 1. The normalized spacial score (nSPS) is 20.2. The summed E-state index contributed by atoms with van der Waals surface area (Å²) >= 11 is 0. The molecule has 7 nitrogen and oxygen atoms in total. The van der Waals surface area contributed by atoms with Gasteiger partial charge in [0.15, 0.2) is 0 Å². The van der Waals surface area contributed by atoms with Crippen molar-refractivity contribution < 1.29 is 19.1 Å². The molecule has 2 fully saturated rings. The Labute approximate surface area is 134 Å².